The molecular formula is C24H26Cl2N2O6. The zero-order valence-corrected chi connectivity index (χ0v) is 20.2. The van der Waals surface area contributed by atoms with Crippen LogP contribution in [0.2, 0.25) is 10.0 Å². The number of nitrogens with one attached hydrogen (secondary N) is 2. The molecule has 2 aromatic carbocycles. The average molecular weight is 509 g/mol. The lowest BCUT2D eigenvalue weighted by atomic mass is 10.2. The molecule has 0 aliphatic rings. The Morgan fingerprint density at radius 3 is 2.15 bits per heavy atom. The lowest BCUT2D eigenvalue weighted by Gasteiger charge is -2.08. The summed E-state index contributed by atoms with van der Waals surface area (Å²) in [6.45, 7) is 1.92. The first-order valence-corrected chi connectivity index (χ1v) is 11.5. The molecule has 0 unspecified atom stereocenters. The molecule has 34 heavy (non-hydrogen) atoms. The van der Waals surface area contributed by atoms with Crippen molar-refractivity contribution in [2.24, 2.45) is 0 Å². The molecule has 0 atom stereocenters. The molecule has 10 heteroatoms. The van der Waals surface area contributed by atoms with Crippen LogP contribution in [0.4, 0.5) is 11.4 Å². The molecule has 0 radical (unpaired) electrons. The Hall–Kier alpha value is -3.10. The van der Waals surface area contributed by atoms with Crippen molar-refractivity contribution in [2.45, 2.75) is 39.0 Å². The van der Waals surface area contributed by atoms with Crippen LogP contribution in [0, 0.1) is 0 Å². The van der Waals surface area contributed by atoms with Crippen molar-refractivity contribution in [3.63, 3.8) is 0 Å². The van der Waals surface area contributed by atoms with Crippen LogP contribution in [0.15, 0.2) is 42.5 Å². The summed E-state index contributed by atoms with van der Waals surface area (Å²) in [6, 6.07) is 10.9. The van der Waals surface area contributed by atoms with E-state index in [9.17, 15) is 19.2 Å². The van der Waals surface area contributed by atoms with Gasteiger partial charge < -0.3 is 20.1 Å². The summed E-state index contributed by atoms with van der Waals surface area (Å²) in [5, 5.41) is 5.87. The van der Waals surface area contributed by atoms with Crippen molar-refractivity contribution in [2.75, 3.05) is 23.8 Å². The van der Waals surface area contributed by atoms with Crippen molar-refractivity contribution in [1.29, 1.82) is 0 Å². The maximum Gasteiger partial charge on any atom is 0.338 e. The SMILES string of the molecule is CCCCOC(=O)c1ccc(NC(=O)CCCC(=O)OCC(=O)Nc2ccc(Cl)c(Cl)c2)cc1. The average Bonchev–Trinajstić information content (AvgIpc) is 2.80. The Kier molecular flexibility index (Phi) is 11.4. The number of benzene rings is 2. The van der Waals surface area contributed by atoms with Crippen LogP contribution < -0.4 is 10.6 Å². The molecule has 2 N–H and O–H groups in total. The van der Waals surface area contributed by atoms with E-state index in [2.05, 4.69) is 10.6 Å². The monoisotopic (exact) mass is 508 g/mol. The van der Waals surface area contributed by atoms with Crippen LogP contribution in [-0.2, 0) is 23.9 Å². The Bertz CT molecular complexity index is 1010. The van der Waals surface area contributed by atoms with Gasteiger partial charge in [-0.15, -0.1) is 0 Å². The molecule has 8 nitrogen and oxygen atoms in total. The molecule has 0 saturated heterocycles. The van der Waals surface area contributed by atoms with Crippen LogP contribution in [0.3, 0.4) is 0 Å². The lowest BCUT2D eigenvalue weighted by Crippen LogP contribution is -2.21. The Balaban J connectivity index is 1.64. The minimum atomic E-state index is -0.594. The quantitative estimate of drug-likeness (QED) is 0.299. The zero-order valence-electron chi connectivity index (χ0n) is 18.7. The van der Waals surface area contributed by atoms with Gasteiger partial charge in [-0.2, -0.15) is 0 Å². The molecule has 2 rings (SSSR count). The van der Waals surface area contributed by atoms with Crippen molar-refractivity contribution < 1.29 is 28.7 Å². The summed E-state index contributed by atoms with van der Waals surface area (Å²) < 4.78 is 10.0. The minimum absolute atomic E-state index is 0.0178. The summed E-state index contributed by atoms with van der Waals surface area (Å²) in [6.07, 6.45) is 2.06. The Labute approximate surface area is 207 Å². The van der Waals surface area contributed by atoms with Gasteiger partial charge in [0.1, 0.15) is 0 Å². The number of anilines is 2. The smallest absolute Gasteiger partial charge is 0.338 e. The first-order chi connectivity index (χ1) is 16.3. The lowest BCUT2D eigenvalue weighted by molar-refractivity contribution is -0.147. The fourth-order valence-corrected chi connectivity index (χ4v) is 2.99. The number of hydrogen-bond donors (Lipinski definition) is 2. The molecule has 0 saturated carbocycles. The van der Waals surface area contributed by atoms with E-state index in [-0.39, 0.29) is 30.2 Å². The van der Waals surface area contributed by atoms with Crippen molar-refractivity contribution >= 4 is 58.3 Å². The van der Waals surface area contributed by atoms with Crippen LogP contribution in [0.25, 0.3) is 0 Å². The second kappa shape index (κ2) is 14.2. The summed E-state index contributed by atoms with van der Waals surface area (Å²) in [4.78, 5) is 47.6. The van der Waals surface area contributed by atoms with E-state index in [1.807, 2.05) is 6.92 Å². The Morgan fingerprint density at radius 2 is 1.47 bits per heavy atom. The van der Waals surface area contributed by atoms with Crippen LogP contribution in [0.1, 0.15) is 49.4 Å². The molecule has 0 heterocycles. The van der Waals surface area contributed by atoms with Crippen molar-refractivity contribution in [3.05, 3.63) is 58.1 Å². The number of carbonyl (C=O) groups is 4. The van der Waals surface area contributed by atoms with Gasteiger partial charge in [0.15, 0.2) is 6.61 Å². The molecule has 0 spiro atoms. The van der Waals surface area contributed by atoms with E-state index in [1.54, 1.807) is 30.3 Å². The summed E-state index contributed by atoms with van der Waals surface area (Å²) in [5.74, 6) is -1.82. The van der Waals surface area contributed by atoms with E-state index < -0.39 is 24.5 Å². The molecule has 0 fully saturated rings. The number of ether oxygens (including phenoxy) is 2. The number of amides is 2. The van der Waals surface area contributed by atoms with E-state index in [1.165, 1.54) is 12.1 Å². The van der Waals surface area contributed by atoms with Gasteiger partial charge >= 0.3 is 11.9 Å². The highest BCUT2D eigenvalue weighted by Crippen LogP contribution is 2.24. The summed E-state index contributed by atoms with van der Waals surface area (Å²) in [7, 11) is 0. The van der Waals surface area contributed by atoms with Gasteiger partial charge in [-0.05, 0) is 55.3 Å². The highest BCUT2D eigenvalue weighted by molar-refractivity contribution is 6.42. The fourth-order valence-electron chi connectivity index (χ4n) is 2.69. The van der Waals surface area contributed by atoms with Gasteiger partial charge in [0.25, 0.3) is 5.91 Å². The predicted octanol–water partition coefficient (Wildman–Crippen LogP) is 5.24. The molecule has 2 amide bonds. The van der Waals surface area contributed by atoms with Crippen LogP contribution >= 0.6 is 23.2 Å². The maximum absolute atomic E-state index is 12.1. The number of hydrogen-bond acceptors (Lipinski definition) is 6. The van der Waals surface area contributed by atoms with Crippen LogP contribution in [0.5, 0.6) is 0 Å². The number of carbonyl (C=O) groups excluding carboxylic acids is 4. The third kappa shape index (κ3) is 9.80. The van der Waals surface area contributed by atoms with Gasteiger partial charge in [-0.3, -0.25) is 14.4 Å². The number of halogens is 2. The van der Waals surface area contributed by atoms with Gasteiger partial charge in [-0.25, -0.2) is 4.79 Å². The fraction of sp³-hybridized carbons (Fsp3) is 0.333. The second-order valence-corrected chi connectivity index (χ2v) is 8.12. The van der Waals surface area contributed by atoms with Crippen LogP contribution in [-0.4, -0.2) is 37.0 Å². The number of rotatable bonds is 12. The predicted molar refractivity (Wildman–Crippen MR) is 130 cm³/mol. The maximum atomic E-state index is 12.1. The Morgan fingerprint density at radius 1 is 0.794 bits per heavy atom. The highest BCUT2D eigenvalue weighted by Gasteiger charge is 2.11. The first-order valence-electron chi connectivity index (χ1n) is 10.8. The largest absolute Gasteiger partial charge is 0.462 e. The zero-order chi connectivity index (χ0) is 24.9. The van der Waals surface area contributed by atoms with Gasteiger partial charge in [0.2, 0.25) is 5.91 Å². The summed E-state index contributed by atoms with van der Waals surface area (Å²) in [5.41, 5.74) is 1.35. The van der Waals surface area contributed by atoms with E-state index in [4.69, 9.17) is 32.7 Å². The highest BCUT2D eigenvalue weighted by atomic mass is 35.5. The topological polar surface area (TPSA) is 111 Å². The standard InChI is InChI=1S/C24H26Cl2N2O6/c1-2-3-13-33-24(32)16-7-9-17(10-8-16)27-21(29)5-4-6-23(31)34-15-22(30)28-18-11-12-19(25)20(26)14-18/h7-12,14H,2-6,13,15H2,1H3,(H,27,29)(H,28,30). The number of esters is 2. The summed E-state index contributed by atoms with van der Waals surface area (Å²) >= 11 is 11.7. The molecular weight excluding hydrogens is 483 g/mol. The van der Waals surface area contributed by atoms with E-state index in [0.29, 0.717) is 28.6 Å². The molecule has 0 aliphatic heterocycles. The van der Waals surface area contributed by atoms with E-state index in [0.717, 1.165) is 12.8 Å². The third-order valence-corrected chi connectivity index (χ3v) is 5.23. The minimum Gasteiger partial charge on any atom is -0.462 e. The molecule has 2 aromatic rings. The van der Waals surface area contributed by atoms with Gasteiger partial charge in [0.05, 0.1) is 22.2 Å². The van der Waals surface area contributed by atoms with Gasteiger partial charge in [0, 0.05) is 24.2 Å². The molecule has 0 aliphatic carbocycles. The first kappa shape index (κ1) is 27.1. The molecule has 0 aromatic heterocycles. The van der Waals surface area contributed by atoms with Crippen molar-refractivity contribution in [1.82, 2.24) is 0 Å². The molecule has 0 bridgehead atoms. The number of unbranched alkanes of at least 4 members (excludes halogenated alkanes) is 1. The molecule has 182 valence electrons. The van der Waals surface area contributed by atoms with Crippen molar-refractivity contribution in [3.8, 4) is 0 Å². The second-order valence-electron chi connectivity index (χ2n) is 7.31. The van der Waals surface area contributed by atoms with E-state index >= 15 is 0 Å². The normalized spacial score (nSPS) is 10.3. The third-order valence-electron chi connectivity index (χ3n) is 4.49. The van der Waals surface area contributed by atoms with Gasteiger partial charge in [-0.1, -0.05) is 36.5 Å².